The number of nitrogens with zero attached hydrogens (tertiary/aromatic N) is 2. The summed E-state index contributed by atoms with van der Waals surface area (Å²) in [6, 6.07) is 12.4. The van der Waals surface area contributed by atoms with E-state index in [-0.39, 0.29) is 11.7 Å². The first-order chi connectivity index (χ1) is 11.2. The first-order valence-electron chi connectivity index (χ1n) is 7.70. The van der Waals surface area contributed by atoms with Gasteiger partial charge in [0.1, 0.15) is 11.3 Å². The lowest BCUT2D eigenvalue weighted by atomic mass is 10.1. The molecule has 0 bridgehead atoms. The van der Waals surface area contributed by atoms with Gasteiger partial charge in [0.15, 0.2) is 11.5 Å². The van der Waals surface area contributed by atoms with Crippen LogP contribution in [0, 0.1) is 5.82 Å². The van der Waals surface area contributed by atoms with E-state index in [0.29, 0.717) is 17.0 Å². The zero-order valence-electron chi connectivity index (χ0n) is 12.5. The van der Waals surface area contributed by atoms with Crippen molar-refractivity contribution in [2.75, 3.05) is 13.1 Å². The van der Waals surface area contributed by atoms with E-state index < -0.39 is 0 Å². The van der Waals surface area contributed by atoms with Crippen molar-refractivity contribution in [3.05, 3.63) is 64.8 Å². The highest BCUT2D eigenvalue weighted by atomic mass is 35.5. The van der Waals surface area contributed by atoms with Crippen LogP contribution in [0.2, 0.25) is 5.02 Å². The molecule has 4 rings (SSSR count). The minimum Gasteiger partial charge on any atom is -0.440 e. The second-order valence-corrected chi connectivity index (χ2v) is 6.45. The molecule has 0 radical (unpaired) electrons. The van der Waals surface area contributed by atoms with Crippen molar-refractivity contribution in [1.82, 2.24) is 9.88 Å². The molecule has 1 fully saturated rings. The number of hydrogen-bond donors (Lipinski definition) is 0. The third-order valence-electron chi connectivity index (χ3n) is 4.31. The second kappa shape index (κ2) is 5.95. The maximum atomic E-state index is 13.3. The smallest absolute Gasteiger partial charge is 0.199 e. The Hall–Kier alpha value is -1.91. The molecule has 1 aromatic heterocycles. The monoisotopic (exact) mass is 330 g/mol. The standard InChI is InChI=1S/C18H16ClFN2O/c19-14-3-1-12(2-4-14)10-22-8-7-13(11-22)18-21-16-9-15(20)5-6-17(16)23-18/h1-6,9,13H,7-8,10-11H2. The summed E-state index contributed by atoms with van der Waals surface area (Å²) in [4.78, 5) is 6.84. The van der Waals surface area contributed by atoms with E-state index in [1.54, 1.807) is 6.07 Å². The van der Waals surface area contributed by atoms with Crippen LogP contribution in [-0.4, -0.2) is 23.0 Å². The van der Waals surface area contributed by atoms with E-state index in [2.05, 4.69) is 22.0 Å². The Kier molecular flexibility index (Phi) is 3.79. The molecule has 1 aliphatic heterocycles. The molecule has 0 aliphatic carbocycles. The lowest BCUT2D eigenvalue weighted by Gasteiger charge is -2.15. The average molecular weight is 331 g/mol. The molecule has 0 saturated carbocycles. The summed E-state index contributed by atoms with van der Waals surface area (Å²) in [5.41, 5.74) is 2.49. The Morgan fingerprint density at radius 3 is 2.87 bits per heavy atom. The van der Waals surface area contributed by atoms with Gasteiger partial charge >= 0.3 is 0 Å². The van der Waals surface area contributed by atoms with Crippen molar-refractivity contribution >= 4 is 22.7 Å². The van der Waals surface area contributed by atoms with Gasteiger partial charge in [-0.15, -0.1) is 0 Å². The van der Waals surface area contributed by atoms with Crippen LogP contribution in [0.3, 0.4) is 0 Å². The van der Waals surface area contributed by atoms with Crippen LogP contribution >= 0.6 is 11.6 Å². The fourth-order valence-electron chi connectivity index (χ4n) is 3.12. The quantitative estimate of drug-likeness (QED) is 0.702. The van der Waals surface area contributed by atoms with Gasteiger partial charge < -0.3 is 4.42 Å². The zero-order chi connectivity index (χ0) is 15.8. The van der Waals surface area contributed by atoms with E-state index in [1.165, 1.54) is 17.7 Å². The molecule has 5 heteroatoms. The molecule has 1 saturated heterocycles. The minimum atomic E-state index is -0.284. The normalized spacial score (nSPS) is 18.8. The molecule has 0 amide bonds. The first kappa shape index (κ1) is 14.7. The number of rotatable bonds is 3. The molecule has 0 spiro atoms. The summed E-state index contributed by atoms with van der Waals surface area (Å²) < 4.78 is 19.1. The largest absolute Gasteiger partial charge is 0.440 e. The van der Waals surface area contributed by atoms with E-state index in [1.807, 2.05) is 12.1 Å². The van der Waals surface area contributed by atoms with E-state index in [9.17, 15) is 4.39 Å². The van der Waals surface area contributed by atoms with Gasteiger partial charge in [-0.25, -0.2) is 9.37 Å². The molecular weight excluding hydrogens is 315 g/mol. The van der Waals surface area contributed by atoms with Gasteiger partial charge in [-0.3, -0.25) is 4.90 Å². The van der Waals surface area contributed by atoms with Gasteiger partial charge in [0, 0.05) is 30.1 Å². The summed E-state index contributed by atoms with van der Waals surface area (Å²) in [5.74, 6) is 0.690. The van der Waals surface area contributed by atoms with Crippen LogP contribution in [0.25, 0.3) is 11.1 Å². The zero-order valence-corrected chi connectivity index (χ0v) is 13.3. The van der Waals surface area contributed by atoms with E-state index >= 15 is 0 Å². The fraction of sp³-hybridized carbons (Fsp3) is 0.278. The highest BCUT2D eigenvalue weighted by molar-refractivity contribution is 6.30. The molecule has 1 unspecified atom stereocenters. The van der Waals surface area contributed by atoms with Crippen molar-refractivity contribution in [3.8, 4) is 0 Å². The van der Waals surface area contributed by atoms with Gasteiger partial charge in [-0.05, 0) is 42.8 Å². The van der Waals surface area contributed by atoms with Crippen molar-refractivity contribution in [2.24, 2.45) is 0 Å². The molecule has 118 valence electrons. The van der Waals surface area contributed by atoms with Crippen molar-refractivity contribution in [1.29, 1.82) is 0 Å². The summed E-state index contributed by atoms with van der Waals surface area (Å²) in [6.45, 7) is 2.79. The molecule has 3 nitrogen and oxygen atoms in total. The highest BCUT2D eigenvalue weighted by Crippen LogP contribution is 2.30. The topological polar surface area (TPSA) is 29.3 Å². The molecular formula is C18H16ClFN2O. The van der Waals surface area contributed by atoms with Crippen molar-refractivity contribution in [3.63, 3.8) is 0 Å². The maximum Gasteiger partial charge on any atom is 0.199 e. The van der Waals surface area contributed by atoms with E-state index in [0.717, 1.165) is 31.1 Å². The summed E-state index contributed by atoms with van der Waals surface area (Å²) >= 11 is 5.92. The van der Waals surface area contributed by atoms with Gasteiger partial charge in [0.25, 0.3) is 0 Å². The maximum absolute atomic E-state index is 13.3. The number of oxazole rings is 1. The third-order valence-corrected chi connectivity index (χ3v) is 4.56. The van der Waals surface area contributed by atoms with Crippen LogP contribution in [0.4, 0.5) is 4.39 Å². The molecule has 1 atom stereocenters. The highest BCUT2D eigenvalue weighted by Gasteiger charge is 2.27. The number of fused-ring (bicyclic) bond motifs is 1. The number of likely N-dealkylation sites (tertiary alicyclic amines) is 1. The molecule has 2 aromatic carbocycles. The Bertz CT molecular complexity index is 831. The van der Waals surface area contributed by atoms with Crippen LogP contribution < -0.4 is 0 Å². The molecule has 1 aliphatic rings. The summed E-state index contributed by atoms with van der Waals surface area (Å²) in [5, 5.41) is 0.756. The molecule has 0 N–H and O–H groups in total. The first-order valence-corrected chi connectivity index (χ1v) is 8.08. The average Bonchev–Trinajstić information content (AvgIpc) is 3.15. The van der Waals surface area contributed by atoms with Gasteiger partial charge in [0.2, 0.25) is 0 Å². The summed E-state index contributed by atoms with van der Waals surface area (Å²) in [6.07, 6.45) is 1.00. The summed E-state index contributed by atoms with van der Waals surface area (Å²) in [7, 11) is 0. The number of benzene rings is 2. The Balaban J connectivity index is 1.47. The Morgan fingerprint density at radius 1 is 1.22 bits per heavy atom. The van der Waals surface area contributed by atoms with Crippen LogP contribution in [0.1, 0.15) is 23.8 Å². The number of aromatic nitrogens is 1. The Morgan fingerprint density at radius 2 is 2.04 bits per heavy atom. The van der Waals surface area contributed by atoms with Crippen LogP contribution in [0.5, 0.6) is 0 Å². The molecule has 23 heavy (non-hydrogen) atoms. The van der Waals surface area contributed by atoms with Crippen molar-refractivity contribution in [2.45, 2.75) is 18.9 Å². The third kappa shape index (κ3) is 3.09. The molecule has 3 aromatic rings. The lowest BCUT2D eigenvalue weighted by Crippen LogP contribution is -2.19. The minimum absolute atomic E-state index is 0.262. The van der Waals surface area contributed by atoms with Gasteiger partial charge in [-0.1, -0.05) is 23.7 Å². The van der Waals surface area contributed by atoms with Crippen LogP contribution in [-0.2, 0) is 6.54 Å². The second-order valence-electron chi connectivity index (χ2n) is 6.01. The predicted octanol–water partition coefficient (Wildman–Crippen LogP) is 4.61. The van der Waals surface area contributed by atoms with Gasteiger partial charge in [0.05, 0.1) is 0 Å². The SMILES string of the molecule is Fc1ccc2oc(C3CCN(Cc4ccc(Cl)cc4)C3)nc2c1. The lowest BCUT2D eigenvalue weighted by molar-refractivity contribution is 0.321. The Labute approximate surface area is 138 Å². The molecule has 2 heterocycles. The number of hydrogen-bond acceptors (Lipinski definition) is 3. The van der Waals surface area contributed by atoms with E-state index in [4.69, 9.17) is 16.0 Å². The predicted molar refractivity (Wildman–Crippen MR) is 88.1 cm³/mol. The number of halogens is 2. The fourth-order valence-corrected chi connectivity index (χ4v) is 3.24. The van der Waals surface area contributed by atoms with Crippen LogP contribution in [0.15, 0.2) is 46.9 Å². The van der Waals surface area contributed by atoms with Crippen molar-refractivity contribution < 1.29 is 8.81 Å². The van der Waals surface area contributed by atoms with Gasteiger partial charge in [-0.2, -0.15) is 0 Å².